The van der Waals surface area contributed by atoms with Crippen LogP contribution < -0.4 is 10.6 Å². The van der Waals surface area contributed by atoms with E-state index in [2.05, 4.69) is 27.4 Å². The predicted octanol–water partition coefficient (Wildman–Crippen LogP) is 1.95. The molecule has 0 aliphatic heterocycles. The van der Waals surface area contributed by atoms with Gasteiger partial charge in [-0.15, -0.1) is 0 Å². The van der Waals surface area contributed by atoms with Crippen molar-refractivity contribution in [3.63, 3.8) is 0 Å². The van der Waals surface area contributed by atoms with Crippen molar-refractivity contribution >= 4 is 17.3 Å². The average molecular weight is 286 g/mol. The fourth-order valence-corrected chi connectivity index (χ4v) is 2.76. The summed E-state index contributed by atoms with van der Waals surface area (Å²) in [4.78, 5) is 0. The molecule has 0 atom stereocenters. The molecule has 0 fully saturated rings. The van der Waals surface area contributed by atoms with Gasteiger partial charge in [-0.1, -0.05) is 18.2 Å². The quantitative estimate of drug-likeness (QED) is 0.846. The van der Waals surface area contributed by atoms with Crippen LogP contribution in [0.5, 0.6) is 0 Å². The van der Waals surface area contributed by atoms with Gasteiger partial charge in [-0.25, -0.2) is 4.68 Å². The molecule has 0 amide bonds. The van der Waals surface area contributed by atoms with Crippen LogP contribution in [0.1, 0.15) is 23.4 Å². The number of nitrogens with one attached hydrogen (secondary N) is 2. The van der Waals surface area contributed by atoms with Crippen LogP contribution >= 0.6 is 12.2 Å². The highest BCUT2D eigenvalue weighted by Crippen LogP contribution is 2.27. The smallest absolute Gasteiger partial charge is 0.166 e. The minimum absolute atomic E-state index is 0.658. The van der Waals surface area contributed by atoms with Crippen molar-refractivity contribution in [1.29, 1.82) is 0 Å². The van der Waals surface area contributed by atoms with E-state index in [0.29, 0.717) is 11.7 Å². The molecule has 1 aliphatic rings. The molecule has 3 rings (SSSR count). The Morgan fingerprint density at radius 3 is 2.85 bits per heavy atom. The molecular formula is C15H18N4S. The molecule has 20 heavy (non-hydrogen) atoms. The van der Waals surface area contributed by atoms with E-state index in [1.54, 1.807) is 0 Å². The fourth-order valence-electron chi connectivity index (χ4n) is 2.69. The van der Waals surface area contributed by atoms with Gasteiger partial charge >= 0.3 is 0 Å². The normalized spacial score (nSPS) is 13.1. The van der Waals surface area contributed by atoms with Crippen molar-refractivity contribution < 1.29 is 0 Å². The monoisotopic (exact) mass is 286 g/mol. The molecule has 2 N–H and O–H groups in total. The van der Waals surface area contributed by atoms with E-state index in [1.807, 2.05) is 25.2 Å². The molecule has 104 valence electrons. The van der Waals surface area contributed by atoms with Gasteiger partial charge in [-0.05, 0) is 49.2 Å². The lowest BCUT2D eigenvalue weighted by atomic mass is 10.2. The predicted molar refractivity (Wildman–Crippen MR) is 84.1 cm³/mol. The van der Waals surface area contributed by atoms with Gasteiger partial charge in [0.2, 0.25) is 0 Å². The van der Waals surface area contributed by atoms with Crippen LogP contribution in [0.4, 0.5) is 0 Å². The van der Waals surface area contributed by atoms with Gasteiger partial charge in [0.05, 0.1) is 17.9 Å². The van der Waals surface area contributed by atoms with Crippen molar-refractivity contribution in [3.8, 4) is 5.69 Å². The van der Waals surface area contributed by atoms with Crippen LogP contribution in [0.25, 0.3) is 5.69 Å². The first kappa shape index (κ1) is 13.1. The van der Waals surface area contributed by atoms with E-state index in [4.69, 9.17) is 17.3 Å². The Balaban J connectivity index is 1.91. The highest BCUT2D eigenvalue weighted by molar-refractivity contribution is 7.80. The first-order valence-corrected chi connectivity index (χ1v) is 7.31. The lowest BCUT2D eigenvalue weighted by molar-refractivity contribution is 0.742. The third-order valence-electron chi connectivity index (χ3n) is 3.66. The second kappa shape index (κ2) is 5.63. The number of thiocarbonyl (C=S) groups is 1. The highest BCUT2D eigenvalue weighted by atomic mass is 32.1. The lowest BCUT2D eigenvalue weighted by Crippen LogP contribution is -2.32. The Morgan fingerprint density at radius 2 is 2.10 bits per heavy atom. The van der Waals surface area contributed by atoms with Crippen LogP contribution in [0.2, 0.25) is 0 Å². The number of nitrogens with zero attached hydrogens (tertiary/aromatic N) is 2. The third kappa shape index (κ3) is 2.41. The second-order valence-electron chi connectivity index (χ2n) is 4.91. The Kier molecular flexibility index (Phi) is 3.69. The first-order chi connectivity index (χ1) is 9.79. The van der Waals surface area contributed by atoms with Gasteiger partial charge in [0.1, 0.15) is 0 Å². The largest absolute Gasteiger partial charge is 0.366 e. The van der Waals surface area contributed by atoms with Crippen molar-refractivity contribution in [2.24, 2.45) is 0 Å². The maximum Gasteiger partial charge on any atom is 0.166 e. The van der Waals surface area contributed by atoms with E-state index in [9.17, 15) is 0 Å². The van der Waals surface area contributed by atoms with Crippen LogP contribution in [0, 0.1) is 0 Å². The topological polar surface area (TPSA) is 41.9 Å². The maximum absolute atomic E-state index is 5.13. The van der Waals surface area contributed by atoms with Gasteiger partial charge in [0.15, 0.2) is 5.11 Å². The first-order valence-electron chi connectivity index (χ1n) is 6.90. The summed E-state index contributed by atoms with van der Waals surface area (Å²) in [5, 5.41) is 11.5. The summed E-state index contributed by atoms with van der Waals surface area (Å²) in [6, 6.07) is 10.3. The van der Waals surface area contributed by atoms with Crippen molar-refractivity contribution in [2.45, 2.75) is 25.8 Å². The number of hydrogen-bond acceptors (Lipinski definition) is 2. The molecule has 1 aromatic carbocycles. The van der Waals surface area contributed by atoms with E-state index in [1.165, 1.54) is 17.7 Å². The number of hydrogen-bond donors (Lipinski definition) is 2. The number of aromatic nitrogens is 2. The van der Waals surface area contributed by atoms with Crippen molar-refractivity contribution in [3.05, 3.63) is 47.3 Å². The zero-order valence-corrected chi connectivity index (χ0v) is 12.3. The van der Waals surface area contributed by atoms with E-state index in [-0.39, 0.29) is 0 Å². The third-order valence-corrected chi connectivity index (χ3v) is 4.01. The second-order valence-corrected chi connectivity index (χ2v) is 5.31. The van der Waals surface area contributed by atoms with E-state index in [0.717, 1.165) is 24.2 Å². The summed E-state index contributed by atoms with van der Waals surface area (Å²) >= 11 is 5.13. The molecule has 0 bridgehead atoms. The number of rotatable bonds is 3. The van der Waals surface area contributed by atoms with Crippen LogP contribution in [-0.4, -0.2) is 21.9 Å². The number of fused-ring (bicyclic) bond motifs is 1. The molecule has 0 saturated carbocycles. The summed E-state index contributed by atoms with van der Waals surface area (Å²) in [6.07, 6.45) is 3.43. The minimum Gasteiger partial charge on any atom is -0.366 e. The highest BCUT2D eigenvalue weighted by Gasteiger charge is 2.22. The number of para-hydroxylation sites is 1. The zero-order valence-electron chi connectivity index (χ0n) is 11.5. The van der Waals surface area contributed by atoms with Gasteiger partial charge in [0.25, 0.3) is 0 Å². The molecule has 1 aliphatic carbocycles. The molecule has 4 nitrogen and oxygen atoms in total. The number of benzene rings is 1. The van der Waals surface area contributed by atoms with Crippen LogP contribution in [-0.2, 0) is 19.4 Å². The Bertz CT molecular complexity index is 618. The van der Waals surface area contributed by atoms with Gasteiger partial charge in [0, 0.05) is 12.7 Å². The summed E-state index contributed by atoms with van der Waals surface area (Å²) in [5.41, 5.74) is 4.98. The van der Waals surface area contributed by atoms with Gasteiger partial charge in [-0.3, -0.25) is 0 Å². The molecular weight excluding hydrogens is 268 g/mol. The Labute approximate surface area is 124 Å². The summed E-state index contributed by atoms with van der Waals surface area (Å²) in [6.45, 7) is 0.682. The van der Waals surface area contributed by atoms with E-state index >= 15 is 0 Å². The van der Waals surface area contributed by atoms with Crippen molar-refractivity contribution in [2.75, 3.05) is 7.05 Å². The molecule has 2 aromatic rings. The summed E-state index contributed by atoms with van der Waals surface area (Å²) < 4.78 is 2.09. The summed E-state index contributed by atoms with van der Waals surface area (Å²) in [7, 11) is 1.82. The summed E-state index contributed by atoms with van der Waals surface area (Å²) in [5.74, 6) is 0. The minimum atomic E-state index is 0.658. The maximum atomic E-state index is 5.13. The molecule has 0 radical (unpaired) electrons. The Hall–Kier alpha value is -1.88. The van der Waals surface area contributed by atoms with E-state index < -0.39 is 0 Å². The zero-order chi connectivity index (χ0) is 13.9. The molecule has 5 heteroatoms. The fraction of sp³-hybridized carbons (Fsp3) is 0.333. The Morgan fingerprint density at radius 1 is 1.30 bits per heavy atom. The van der Waals surface area contributed by atoms with Gasteiger partial charge in [-0.2, -0.15) is 5.10 Å². The molecule has 0 spiro atoms. The van der Waals surface area contributed by atoms with Crippen LogP contribution in [0.15, 0.2) is 30.3 Å². The van der Waals surface area contributed by atoms with Crippen molar-refractivity contribution in [1.82, 2.24) is 20.4 Å². The lowest BCUT2D eigenvalue weighted by Gasteiger charge is -2.06. The van der Waals surface area contributed by atoms with Crippen LogP contribution in [0.3, 0.4) is 0 Å². The molecule has 1 heterocycles. The average Bonchev–Trinajstić information content (AvgIpc) is 3.08. The molecule has 0 unspecified atom stereocenters. The molecule has 0 saturated heterocycles. The molecule has 1 aromatic heterocycles. The SMILES string of the molecule is CNC(=S)NCc1nn(-c2ccccc2)c2c1CCC2. The van der Waals surface area contributed by atoms with Gasteiger partial charge < -0.3 is 10.6 Å². The standard InChI is InChI=1S/C15H18N4S/c1-16-15(20)17-10-13-12-8-5-9-14(12)19(18-13)11-6-3-2-4-7-11/h2-4,6-7H,5,8-10H2,1H3,(H2,16,17,20).